The van der Waals surface area contributed by atoms with E-state index >= 15 is 0 Å². The van der Waals surface area contributed by atoms with Crippen LogP contribution in [0.1, 0.15) is 40.3 Å². The number of hydrogen-bond donors (Lipinski definition) is 4. The predicted octanol–water partition coefficient (Wildman–Crippen LogP) is 1.32. The van der Waals surface area contributed by atoms with E-state index in [2.05, 4.69) is 5.09 Å². The third-order valence-corrected chi connectivity index (χ3v) is 7.42. The van der Waals surface area contributed by atoms with E-state index < -0.39 is 67.8 Å². The summed E-state index contributed by atoms with van der Waals surface area (Å²) in [5.41, 5.74) is -4.06. The van der Waals surface area contributed by atoms with E-state index in [9.17, 15) is 29.2 Å². The summed E-state index contributed by atoms with van der Waals surface area (Å²) >= 11 is 0. The molecule has 13 nitrogen and oxygen atoms in total. The number of carbonyl (C=O) groups excluding carboxylic acids is 1. The number of ether oxygens (including phenoxy) is 2. The van der Waals surface area contributed by atoms with E-state index in [-0.39, 0.29) is 18.1 Å². The Morgan fingerprint density at radius 2 is 1.93 bits per heavy atom. The van der Waals surface area contributed by atoms with Crippen molar-refractivity contribution in [3.8, 4) is 18.1 Å². The number of carbonyl (C=O) groups is 1. The van der Waals surface area contributed by atoms with Crippen LogP contribution in [0.3, 0.4) is 0 Å². The van der Waals surface area contributed by atoms with Gasteiger partial charge in [-0.2, -0.15) is 5.09 Å². The van der Waals surface area contributed by atoms with Gasteiger partial charge in [0.15, 0.2) is 11.8 Å². The molecule has 40 heavy (non-hydrogen) atoms. The van der Waals surface area contributed by atoms with Crippen LogP contribution in [0.2, 0.25) is 0 Å². The van der Waals surface area contributed by atoms with Crippen LogP contribution >= 0.6 is 7.75 Å². The van der Waals surface area contributed by atoms with Gasteiger partial charge in [0.25, 0.3) is 5.56 Å². The minimum atomic E-state index is -4.38. The molecule has 0 spiro atoms. The predicted molar refractivity (Wildman–Crippen MR) is 143 cm³/mol. The summed E-state index contributed by atoms with van der Waals surface area (Å²) in [5, 5.41) is 24.5. The molecule has 0 aliphatic carbocycles. The van der Waals surface area contributed by atoms with Gasteiger partial charge in [-0.1, -0.05) is 38.0 Å². The lowest BCUT2D eigenvalue weighted by molar-refractivity contribution is -0.150. The van der Waals surface area contributed by atoms with Crippen molar-refractivity contribution in [1.82, 2.24) is 14.6 Å². The molecule has 1 aliphatic rings. The molecule has 2 unspecified atom stereocenters. The Hall–Kier alpha value is -3.24. The smallest absolute Gasteiger partial charge is 0.459 e. The first kappa shape index (κ1) is 31.3. The number of hydrogen-bond acceptors (Lipinski definition) is 10. The Morgan fingerprint density at radius 3 is 2.50 bits per heavy atom. The van der Waals surface area contributed by atoms with Crippen molar-refractivity contribution in [2.45, 2.75) is 70.3 Å². The fourth-order valence-electron chi connectivity index (χ4n) is 4.01. The molecule has 2 aromatic rings. The Kier molecular flexibility index (Phi) is 10.1. The molecule has 0 saturated carbocycles. The number of aromatic nitrogens is 2. The zero-order valence-corrected chi connectivity index (χ0v) is 23.4. The maximum absolute atomic E-state index is 14.0. The number of para-hydroxylation sites is 1. The highest BCUT2D eigenvalue weighted by molar-refractivity contribution is 7.52. The zero-order chi connectivity index (χ0) is 29.7. The van der Waals surface area contributed by atoms with E-state index in [0.29, 0.717) is 0 Å². The van der Waals surface area contributed by atoms with Gasteiger partial charge < -0.3 is 24.2 Å². The highest BCUT2D eigenvalue weighted by Crippen LogP contribution is 2.47. The van der Waals surface area contributed by atoms with E-state index in [0.717, 1.165) is 16.8 Å². The standard InChI is InChI=1S/C26H34N3O10P/c1-6-26(34)22(31)20(38-24(26)29-13-12-21(30)27-25(29)33)15-36-40(35,39-18-10-8-7-9-11-18)28-19(14-16(2)3)23(32)37-17(4)5/h1,7-13,16-17,19-20,22,24,31,34H,14-15H2,2-5H3,(H,28,35)(H,27,30,33)/t19-,20?,22+,24+,26+,40?/m0/s1. The summed E-state index contributed by atoms with van der Waals surface area (Å²) in [7, 11) is -4.38. The molecule has 1 fully saturated rings. The van der Waals surface area contributed by atoms with Crippen molar-refractivity contribution in [1.29, 1.82) is 0 Å². The molecule has 218 valence electrons. The fourth-order valence-corrected chi connectivity index (χ4v) is 5.52. The zero-order valence-electron chi connectivity index (χ0n) is 22.6. The molecular formula is C26H34N3O10P. The summed E-state index contributed by atoms with van der Waals surface area (Å²) in [6.45, 7) is 6.43. The number of aliphatic hydroxyl groups excluding tert-OH is 1. The summed E-state index contributed by atoms with van der Waals surface area (Å²) < 4.78 is 37.1. The van der Waals surface area contributed by atoms with Gasteiger partial charge in [-0.3, -0.25) is 23.7 Å². The van der Waals surface area contributed by atoms with Crippen LogP contribution in [0.4, 0.5) is 0 Å². The van der Waals surface area contributed by atoms with Gasteiger partial charge in [0.2, 0.25) is 0 Å². The van der Waals surface area contributed by atoms with Crippen LogP contribution in [0.15, 0.2) is 52.2 Å². The molecule has 1 aromatic heterocycles. The molecule has 0 radical (unpaired) electrons. The number of H-pyrrole nitrogens is 1. The third kappa shape index (κ3) is 7.48. The lowest BCUT2D eigenvalue weighted by Crippen LogP contribution is -2.48. The average Bonchev–Trinajstić information content (AvgIpc) is 3.12. The van der Waals surface area contributed by atoms with Crippen LogP contribution in [0.25, 0.3) is 0 Å². The SMILES string of the molecule is C#C[C@@]1(O)[C@H](O)C(COP(=O)(N[C@@H](CC(C)C)C(=O)OC(C)C)Oc2ccccc2)O[C@H]1n1ccc(=O)[nH]c1=O. The first-order valence-electron chi connectivity index (χ1n) is 12.6. The number of nitrogens with zero attached hydrogens (tertiary/aromatic N) is 1. The van der Waals surface area contributed by atoms with Gasteiger partial charge in [-0.25, -0.2) is 9.36 Å². The van der Waals surface area contributed by atoms with Gasteiger partial charge in [0.1, 0.15) is 24.0 Å². The first-order chi connectivity index (χ1) is 18.8. The van der Waals surface area contributed by atoms with E-state index in [1.807, 2.05) is 24.8 Å². The van der Waals surface area contributed by atoms with E-state index in [1.165, 1.54) is 12.1 Å². The number of rotatable bonds is 12. The average molecular weight is 580 g/mol. The van der Waals surface area contributed by atoms with Gasteiger partial charge in [-0.15, -0.1) is 6.42 Å². The van der Waals surface area contributed by atoms with Crippen LogP contribution in [-0.2, 0) is 23.4 Å². The second-order valence-electron chi connectivity index (χ2n) is 9.95. The van der Waals surface area contributed by atoms with Gasteiger partial charge in [0, 0.05) is 12.3 Å². The lowest BCUT2D eigenvalue weighted by atomic mass is 9.95. The molecule has 6 atom stereocenters. The minimum Gasteiger partial charge on any atom is -0.462 e. The van der Waals surface area contributed by atoms with E-state index in [4.69, 9.17) is 24.9 Å². The normalized spacial score (nSPS) is 24.8. The Bertz CT molecular complexity index is 1370. The third-order valence-electron chi connectivity index (χ3n) is 5.85. The quantitative estimate of drug-likeness (QED) is 0.162. The van der Waals surface area contributed by atoms with Crippen molar-refractivity contribution in [3.63, 3.8) is 0 Å². The number of esters is 1. The number of nitrogens with one attached hydrogen (secondary N) is 2. The first-order valence-corrected chi connectivity index (χ1v) is 14.1. The topological polar surface area (TPSA) is 178 Å². The largest absolute Gasteiger partial charge is 0.462 e. The molecule has 0 amide bonds. The second-order valence-corrected chi connectivity index (χ2v) is 11.6. The van der Waals surface area contributed by atoms with Gasteiger partial charge in [0.05, 0.1) is 12.7 Å². The van der Waals surface area contributed by atoms with Crippen LogP contribution < -0.4 is 20.9 Å². The van der Waals surface area contributed by atoms with Crippen molar-refractivity contribution < 1.29 is 38.1 Å². The summed E-state index contributed by atoms with van der Waals surface area (Å²) in [5.74, 6) is 1.51. The van der Waals surface area contributed by atoms with Gasteiger partial charge in [-0.05, 0) is 38.3 Å². The Labute approximate surface area is 231 Å². The molecule has 2 heterocycles. The summed E-state index contributed by atoms with van der Waals surface area (Å²) in [6.07, 6.45) is 1.48. The van der Waals surface area contributed by atoms with Crippen molar-refractivity contribution >= 4 is 13.7 Å². The second kappa shape index (κ2) is 13.0. The molecule has 14 heteroatoms. The Morgan fingerprint density at radius 1 is 1.25 bits per heavy atom. The molecule has 1 aliphatic heterocycles. The monoisotopic (exact) mass is 579 g/mol. The van der Waals surface area contributed by atoms with Crippen molar-refractivity contribution in [2.24, 2.45) is 5.92 Å². The molecule has 1 saturated heterocycles. The van der Waals surface area contributed by atoms with Gasteiger partial charge >= 0.3 is 19.4 Å². The number of benzene rings is 1. The highest BCUT2D eigenvalue weighted by Gasteiger charge is 2.56. The maximum atomic E-state index is 14.0. The lowest BCUT2D eigenvalue weighted by Gasteiger charge is -2.27. The van der Waals surface area contributed by atoms with Crippen molar-refractivity contribution in [3.05, 3.63) is 63.4 Å². The number of aromatic amines is 1. The fraction of sp³-hybridized carbons (Fsp3) is 0.500. The van der Waals surface area contributed by atoms with E-state index in [1.54, 1.807) is 32.0 Å². The maximum Gasteiger partial charge on any atom is 0.459 e. The van der Waals surface area contributed by atoms with Crippen LogP contribution in [-0.4, -0.2) is 62.3 Å². The highest BCUT2D eigenvalue weighted by atomic mass is 31.2. The molecule has 1 aromatic carbocycles. The summed E-state index contributed by atoms with van der Waals surface area (Å²) in [6, 6.07) is 7.98. The molecule has 0 bridgehead atoms. The summed E-state index contributed by atoms with van der Waals surface area (Å²) in [4.78, 5) is 38.6. The number of terminal acetylenes is 1. The number of aliphatic hydroxyl groups is 2. The molecular weight excluding hydrogens is 545 g/mol. The Balaban J connectivity index is 1.89. The van der Waals surface area contributed by atoms with Crippen molar-refractivity contribution in [2.75, 3.05) is 6.61 Å². The molecule has 3 rings (SSSR count). The molecule has 4 N–H and O–H groups in total. The minimum absolute atomic E-state index is 0.00982. The van der Waals surface area contributed by atoms with Crippen LogP contribution in [0.5, 0.6) is 5.75 Å². The van der Waals surface area contributed by atoms with Crippen LogP contribution in [0, 0.1) is 18.3 Å².